The number of aromatic hydroxyl groups is 1. The van der Waals surface area contributed by atoms with Crippen LogP contribution < -0.4 is 4.74 Å². The molecule has 1 N–H and O–H groups in total. The Morgan fingerprint density at radius 1 is 0.960 bits per heavy atom. The number of hydrogen-bond donors (Lipinski definition) is 1. The van der Waals surface area contributed by atoms with Gasteiger partial charge >= 0.3 is 0 Å². The van der Waals surface area contributed by atoms with Crippen molar-refractivity contribution in [3.63, 3.8) is 0 Å². The summed E-state index contributed by atoms with van der Waals surface area (Å²) in [7, 11) is 0. The first-order valence-electron chi connectivity index (χ1n) is 9.93. The molecule has 0 spiro atoms. The first kappa shape index (κ1) is 18.1. The molecular formula is C21H31NO3. The maximum absolute atomic E-state index is 13.3. The van der Waals surface area contributed by atoms with Gasteiger partial charge in [0.1, 0.15) is 11.5 Å². The molecule has 1 aromatic carbocycles. The Kier molecular flexibility index (Phi) is 6.22. The number of carbonyl (C=O) groups excluding carboxylic acids is 1. The summed E-state index contributed by atoms with van der Waals surface area (Å²) in [4.78, 5) is 15.5. The van der Waals surface area contributed by atoms with Crippen molar-refractivity contribution < 1.29 is 14.6 Å². The first-order valence-corrected chi connectivity index (χ1v) is 9.93. The van der Waals surface area contributed by atoms with E-state index in [2.05, 4.69) is 4.90 Å². The summed E-state index contributed by atoms with van der Waals surface area (Å²) in [6, 6.07) is 7.37. The van der Waals surface area contributed by atoms with E-state index in [1.165, 1.54) is 38.5 Å². The van der Waals surface area contributed by atoms with Crippen molar-refractivity contribution in [2.75, 3.05) is 0 Å². The molecular weight excluding hydrogens is 314 g/mol. The Hall–Kier alpha value is -1.71. The standard InChI is InChI=1S/C21H31NO3/c1-16(25-20-14-12-19(23)13-15-20)21(24)22(17-8-4-2-5-9-17)18-10-6-3-7-11-18/h12-18,23H,2-11H2,1H3. The summed E-state index contributed by atoms with van der Waals surface area (Å²) >= 11 is 0. The highest BCUT2D eigenvalue weighted by atomic mass is 16.5. The van der Waals surface area contributed by atoms with Crippen LogP contribution in [-0.4, -0.2) is 34.1 Å². The minimum Gasteiger partial charge on any atom is -0.508 e. The molecule has 25 heavy (non-hydrogen) atoms. The summed E-state index contributed by atoms with van der Waals surface area (Å²) in [5.74, 6) is 0.968. The molecule has 2 fully saturated rings. The minimum absolute atomic E-state index is 0.131. The van der Waals surface area contributed by atoms with E-state index in [1.54, 1.807) is 24.3 Å². The fraction of sp³-hybridized carbons (Fsp3) is 0.667. The number of carbonyl (C=O) groups is 1. The number of nitrogens with zero attached hydrogens (tertiary/aromatic N) is 1. The van der Waals surface area contributed by atoms with E-state index in [-0.39, 0.29) is 11.7 Å². The second-order valence-electron chi connectivity index (χ2n) is 7.58. The molecule has 2 aliphatic carbocycles. The van der Waals surface area contributed by atoms with Crippen molar-refractivity contribution in [3.05, 3.63) is 24.3 Å². The lowest BCUT2D eigenvalue weighted by Gasteiger charge is -2.42. The van der Waals surface area contributed by atoms with Gasteiger partial charge in [-0.1, -0.05) is 38.5 Å². The topological polar surface area (TPSA) is 49.8 Å². The average molecular weight is 345 g/mol. The van der Waals surface area contributed by atoms with Crippen LogP contribution in [0.3, 0.4) is 0 Å². The highest BCUT2D eigenvalue weighted by Gasteiger charge is 2.35. The Balaban J connectivity index is 1.71. The lowest BCUT2D eigenvalue weighted by molar-refractivity contribution is -0.145. The predicted molar refractivity (Wildman–Crippen MR) is 98.8 cm³/mol. The number of phenolic OH excluding ortho intramolecular Hbond substituents is 1. The molecule has 1 amide bonds. The molecule has 1 unspecified atom stereocenters. The summed E-state index contributed by atoms with van der Waals surface area (Å²) in [5, 5.41) is 9.40. The van der Waals surface area contributed by atoms with E-state index < -0.39 is 6.10 Å². The fourth-order valence-corrected chi connectivity index (χ4v) is 4.37. The molecule has 2 saturated carbocycles. The molecule has 1 atom stereocenters. The summed E-state index contributed by atoms with van der Waals surface area (Å²) in [6.45, 7) is 1.86. The van der Waals surface area contributed by atoms with Crippen molar-refractivity contribution in [2.45, 2.75) is 89.3 Å². The molecule has 4 heteroatoms. The number of benzene rings is 1. The van der Waals surface area contributed by atoms with Crippen LogP contribution in [0.25, 0.3) is 0 Å². The molecule has 0 aromatic heterocycles. The molecule has 2 aliphatic rings. The second-order valence-corrected chi connectivity index (χ2v) is 7.58. The van der Waals surface area contributed by atoms with Crippen LogP contribution in [0.15, 0.2) is 24.3 Å². The highest BCUT2D eigenvalue weighted by Crippen LogP contribution is 2.31. The summed E-state index contributed by atoms with van der Waals surface area (Å²) < 4.78 is 5.89. The second kappa shape index (κ2) is 8.59. The first-order chi connectivity index (χ1) is 12.1. The van der Waals surface area contributed by atoms with Gasteiger partial charge < -0.3 is 14.7 Å². The summed E-state index contributed by atoms with van der Waals surface area (Å²) in [5.41, 5.74) is 0. The van der Waals surface area contributed by atoms with Gasteiger partial charge in [-0.3, -0.25) is 4.79 Å². The zero-order valence-corrected chi connectivity index (χ0v) is 15.3. The lowest BCUT2D eigenvalue weighted by atomic mass is 9.88. The van der Waals surface area contributed by atoms with Crippen LogP contribution in [0.2, 0.25) is 0 Å². The summed E-state index contributed by atoms with van der Waals surface area (Å²) in [6.07, 6.45) is 11.6. The number of phenols is 1. The molecule has 1 aromatic rings. The lowest BCUT2D eigenvalue weighted by Crippen LogP contribution is -2.52. The predicted octanol–water partition coefficient (Wildman–Crippen LogP) is 4.65. The largest absolute Gasteiger partial charge is 0.508 e. The Bertz CT molecular complexity index is 527. The van der Waals surface area contributed by atoms with Crippen LogP contribution in [0, 0.1) is 0 Å². The van der Waals surface area contributed by atoms with Crippen LogP contribution in [0.5, 0.6) is 11.5 Å². The van der Waals surface area contributed by atoms with Gasteiger partial charge in [-0.2, -0.15) is 0 Å². The normalized spacial score (nSPS) is 20.8. The van der Waals surface area contributed by atoms with E-state index in [9.17, 15) is 9.90 Å². The van der Waals surface area contributed by atoms with Gasteiger partial charge in [0, 0.05) is 12.1 Å². The third-order valence-corrected chi connectivity index (χ3v) is 5.69. The Labute approximate surface area is 151 Å². The number of amides is 1. The average Bonchev–Trinajstić information content (AvgIpc) is 2.65. The van der Waals surface area contributed by atoms with Gasteiger partial charge in [0.05, 0.1) is 0 Å². The maximum atomic E-state index is 13.3. The van der Waals surface area contributed by atoms with Crippen LogP contribution in [0.4, 0.5) is 0 Å². The zero-order chi connectivity index (χ0) is 17.6. The third-order valence-electron chi connectivity index (χ3n) is 5.69. The Morgan fingerprint density at radius 2 is 1.44 bits per heavy atom. The van der Waals surface area contributed by atoms with Gasteiger partial charge in [0.2, 0.25) is 0 Å². The molecule has 0 aliphatic heterocycles. The molecule has 138 valence electrons. The van der Waals surface area contributed by atoms with Crippen LogP contribution in [-0.2, 0) is 4.79 Å². The molecule has 0 radical (unpaired) electrons. The highest BCUT2D eigenvalue weighted by molar-refractivity contribution is 5.81. The van der Waals surface area contributed by atoms with Gasteiger partial charge in [0.25, 0.3) is 5.91 Å². The smallest absolute Gasteiger partial charge is 0.263 e. The van der Waals surface area contributed by atoms with Crippen molar-refractivity contribution in [2.24, 2.45) is 0 Å². The third kappa shape index (κ3) is 4.68. The molecule has 0 heterocycles. The van der Waals surface area contributed by atoms with Crippen molar-refractivity contribution >= 4 is 5.91 Å². The van der Waals surface area contributed by atoms with E-state index in [1.807, 2.05) is 6.92 Å². The van der Waals surface area contributed by atoms with Crippen LogP contribution >= 0.6 is 0 Å². The molecule has 0 saturated heterocycles. The monoisotopic (exact) mass is 345 g/mol. The van der Waals surface area contributed by atoms with E-state index >= 15 is 0 Å². The van der Waals surface area contributed by atoms with Gasteiger partial charge in [0.15, 0.2) is 6.10 Å². The zero-order valence-electron chi connectivity index (χ0n) is 15.3. The molecule has 3 rings (SSSR count). The Morgan fingerprint density at radius 3 is 1.92 bits per heavy atom. The fourth-order valence-electron chi connectivity index (χ4n) is 4.37. The molecule has 0 bridgehead atoms. The van der Waals surface area contributed by atoms with E-state index in [0.29, 0.717) is 17.8 Å². The number of rotatable bonds is 5. The van der Waals surface area contributed by atoms with E-state index in [4.69, 9.17) is 4.74 Å². The SMILES string of the molecule is CC(Oc1ccc(O)cc1)C(=O)N(C1CCCCC1)C1CCCCC1. The van der Waals surface area contributed by atoms with Crippen molar-refractivity contribution in [3.8, 4) is 11.5 Å². The maximum Gasteiger partial charge on any atom is 0.263 e. The number of ether oxygens (including phenoxy) is 1. The van der Waals surface area contributed by atoms with Crippen molar-refractivity contribution in [1.29, 1.82) is 0 Å². The van der Waals surface area contributed by atoms with Crippen molar-refractivity contribution in [1.82, 2.24) is 4.90 Å². The quantitative estimate of drug-likeness (QED) is 0.845. The van der Waals surface area contributed by atoms with Gasteiger partial charge in [-0.05, 0) is 56.9 Å². The minimum atomic E-state index is -0.492. The van der Waals surface area contributed by atoms with Gasteiger partial charge in [-0.15, -0.1) is 0 Å². The van der Waals surface area contributed by atoms with Gasteiger partial charge in [-0.25, -0.2) is 0 Å². The van der Waals surface area contributed by atoms with E-state index in [0.717, 1.165) is 25.7 Å². The molecule has 4 nitrogen and oxygen atoms in total. The van der Waals surface area contributed by atoms with Crippen LogP contribution in [0.1, 0.15) is 71.1 Å². The number of hydrogen-bond acceptors (Lipinski definition) is 3.